The van der Waals surface area contributed by atoms with Crippen molar-refractivity contribution in [2.45, 2.75) is 0 Å². The van der Waals surface area contributed by atoms with E-state index in [1.54, 1.807) is 0 Å². The minimum Gasteiger partial charge on any atom is -0.0622 e. The van der Waals surface area contributed by atoms with Crippen molar-refractivity contribution in [3.8, 4) is 44.5 Å². The van der Waals surface area contributed by atoms with Crippen LogP contribution in [-0.2, 0) is 0 Å². The summed E-state index contributed by atoms with van der Waals surface area (Å²) < 4.78 is 0. The number of hydrogen-bond donors (Lipinski definition) is 0. The van der Waals surface area contributed by atoms with Crippen LogP contribution < -0.4 is 0 Å². The molecule has 0 aromatic heterocycles. The molecule has 46 heavy (non-hydrogen) atoms. The molecule has 9 rings (SSSR count). The molecular weight excluding hydrogens is 553 g/mol. The third-order valence-electron chi connectivity index (χ3n) is 9.46. The largest absolute Gasteiger partial charge is 0.0622 e. The minimum absolute atomic E-state index is 1.22. The van der Waals surface area contributed by atoms with E-state index in [1.165, 1.54) is 87.6 Å². The third-order valence-corrected chi connectivity index (χ3v) is 9.46. The zero-order valence-electron chi connectivity index (χ0n) is 25.3. The van der Waals surface area contributed by atoms with Gasteiger partial charge < -0.3 is 0 Å². The molecular formula is C46H30. The van der Waals surface area contributed by atoms with Gasteiger partial charge in [0, 0.05) is 0 Å². The summed E-state index contributed by atoms with van der Waals surface area (Å²) >= 11 is 0. The van der Waals surface area contributed by atoms with E-state index in [0.29, 0.717) is 0 Å². The van der Waals surface area contributed by atoms with E-state index >= 15 is 0 Å². The second kappa shape index (κ2) is 10.9. The molecule has 0 nitrogen and oxygen atoms in total. The highest BCUT2D eigenvalue weighted by Gasteiger charge is 2.19. The molecule has 0 aliphatic carbocycles. The molecule has 0 aliphatic rings. The van der Waals surface area contributed by atoms with Gasteiger partial charge in [-0.2, -0.15) is 0 Å². The molecule has 0 saturated carbocycles. The van der Waals surface area contributed by atoms with Crippen LogP contribution in [0.25, 0.3) is 87.6 Å². The fourth-order valence-electron chi connectivity index (χ4n) is 7.33. The third kappa shape index (κ3) is 4.30. The van der Waals surface area contributed by atoms with Crippen LogP contribution in [0.1, 0.15) is 0 Å². The van der Waals surface area contributed by atoms with E-state index in [9.17, 15) is 0 Å². The Balaban J connectivity index is 1.34. The zero-order valence-corrected chi connectivity index (χ0v) is 25.3. The molecule has 0 unspecified atom stereocenters. The molecule has 9 aromatic carbocycles. The highest BCUT2D eigenvalue weighted by atomic mass is 14.2. The Morgan fingerprint density at radius 1 is 0.217 bits per heavy atom. The quantitative estimate of drug-likeness (QED) is 0.181. The number of fused-ring (bicyclic) bond motifs is 4. The van der Waals surface area contributed by atoms with Crippen molar-refractivity contribution in [2.75, 3.05) is 0 Å². The minimum atomic E-state index is 1.22. The highest BCUT2D eigenvalue weighted by Crippen LogP contribution is 2.46. The first kappa shape index (κ1) is 26.4. The molecule has 0 heteroatoms. The molecule has 0 spiro atoms. The average molecular weight is 583 g/mol. The fraction of sp³-hybridized carbons (Fsp3) is 0. The molecule has 9 aromatic rings. The summed E-state index contributed by atoms with van der Waals surface area (Å²) in [5, 5.41) is 10.1. The molecule has 0 aliphatic heterocycles. The van der Waals surface area contributed by atoms with Gasteiger partial charge in [-0.3, -0.25) is 0 Å². The van der Waals surface area contributed by atoms with Gasteiger partial charge in [-0.1, -0.05) is 176 Å². The van der Waals surface area contributed by atoms with Gasteiger partial charge in [0.05, 0.1) is 0 Å². The summed E-state index contributed by atoms with van der Waals surface area (Å²) in [6, 6.07) is 66.5. The molecule has 214 valence electrons. The molecule has 0 N–H and O–H groups in total. The summed E-state index contributed by atoms with van der Waals surface area (Å²) in [6.07, 6.45) is 0. The Morgan fingerprint density at radius 3 is 1.39 bits per heavy atom. The van der Waals surface area contributed by atoms with Gasteiger partial charge >= 0.3 is 0 Å². The summed E-state index contributed by atoms with van der Waals surface area (Å²) in [6.45, 7) is 0. The van der Waals surface area contributed by atoms with Crippen molar-refractivity contribution in [3.05, 3.63) is 182 Å². The monoisotopic (exact) mass is 582 g/mol. The van der Waals surface area contributed by atoms with Crippen molar-refractivity contribution in [1.82, 2.24) is 0 Å². The Labute approximate surface area is 268 Å². The average Bonchev–Trinajstić information content (AvgIpc) is 3.14. The first-order chi connectivity index (χ1) is 22.8. The van der Waals surface area contributed by atoms with Crippen molar-refractivity contribution in [1.29, 1.82) is 0 Å². The molecule has 0 fully saturated rings. The maximum absolute atomic E-state index is 2.40. The first-order valence-corrected chi connectivity index (χ1v) is 15.9. The van der Waals surface area contributed by atoms with Gasteiger partial charge in [-0.25, -0.2) is 0 Å². The van der Waals surface area contributed by atoms with Crippen LogP contribution in [0.4, 0.5) is 0 Å². The van der Waals surface area contributed by atoms with E-state index in [-0.39, 0.29) is 0 Å². The van der Waals surface area contributed by atoms with Gasteiger partial charge in [0.15, 0.2) is 0 Å². The van der Waals surface area contributed by atoms with Crippen LogP contribution >= 0.6 is 0 Å². The summed E-state index contributed by atoms with van der Waals surface area (Å²) in [4.78, 5) is 0. The lowest BCUT2D eigenvalue weighted by Gasteiger charge is -2.20. The van der Waals surface area contributed by atoms with Crippen LogP contribution in [0.2, 0.25) is 0 Å². The van der Waals surface area contributed by atoms with E-state index in [1.807, 2.05) is 0 Å². The number of benzene rings is 9. The van der Waals surface area contributed by atoms with E-state index in [2.05, 4.69) is 182 Å². The van der Waals surface area contributed by atoms with Gasteiger partial charge in [-0.15, -0.1) is 0 Å². The lowest BCUT2D eigenvalue weighted by molar-refractivity contribution is 1.62. The molecule has 0 amide bonds. The molecule has 0 atom stereocenters. The van der Waals surface area contributed by atoms with Crippen molar-refractivity contribution in [2.24, 2.45) is 0 Å². The molecule has 0 saturated heterocycles. The van der Waals surface area contributed by atoms with E-state index in [0.717, 1.165) is 0 Å². The molecule has 0 heterocycles. The lowest BCUT2D eigenvalue weighted by atomic mass is 9.83. The summed E-state index contributed by atoms with van der Waals surface area (Å²) in [5.41, 5.74) is 9.99. The molecule has 0 radical (unpaired) electrons. The fourth-order valence-corrected chi connectivity index (χ4v) is 7.33. The maximum Gasteiger partial charge on any atom is -0.00201 e. The topological polar surface area (TPSA) is 0 Å². The van der Waals surface area contributed by atoms with Crippen molar-refractivity contribution >= 4 is 43.1 Å². The second-order valence-electron chi connectivity index (χ2n) is 12.1. The zero-order chi connectivity index (χ0) is 30.5. The van der Waals surface area contributed by atoms with Crippen LogP contribution in [0.3, 0.4) is 0 Å². The lowest BCUT2D eigenvalue weighted by Crippen LogP contribution is -1.92. The van der Waals surface area contributed by atoms with E-state index in [4.69, 9.17) is 0 Å². The normalized spacial score (nSPS) is 11.5. The van der Waals surface area contributed by atoms with Gasteiger partial charge in [-0.05, 0) is 93.7 Å². The standard InChI is InChI=1S/C46H30/c1-2-12-31(13-3-1)36-28-29-43-44(30-36)45(35-26-24-34(25-27-35)38-22-10-16-32-14-4-6-18-37(32)38)41-20-8-9-21-42(41)46(43)40-23-11-17-33-15-5-7-19-39(33)40/h1-30H. The maximum atomic E-state index is 2.40. The Kier molecular flexibility index (Phi) is 6.25. The number of hydrogen-bond acceptors (Lipinski definition) is 0. The SMILES string of the molecule is c1ccc(-c2ccc3c(-c4cccc5ccccc45)c4ccccc4c(-c4ccc(-c5cccc6ccccc56)cc4)c3c2)cc1. The summed E-state index contributed by atoms with van der Waals surface area (Å²) in [7, 11) is 0. The van der Waals surface area contributed by atoms with Gasteiger partial charge in [0.25, 0.3) is 0 Å². The second-order valence-corrected chi connectivity index (χ2v) is 12.1. The van der Waals surface area contributed by atoms with Crippen molar-refractivity contribution in [3.63, 3.8) is 0 Å². The van der Waals surface area contributed by atoms with Crippen LogP contribution in [0.5, 0.6) is 0 Å². The van der Waals surface area contributed by atoms with Crippen molar-refractivity contribution < 1.29 is 0 Å². The Hall–Kier alpha value is -5.98. The predicted molar refractivity (Wildman–Crippen MR) is 198 cm³/mol. The van der Waals surface area contributed by atoms with E-state index < -0.39 is 0 Å². The van der Waals surface area contributed by atoms with Crippen LogP contribution in [0, 0.1) is 0 Å². The van der Waals surface area contributed by atoms with Crippen LogP contribution in [0.15, 0.2) is 182 Å². The highest BCUT2D eigenvalue weighted by molar-refractivity contribution is 6.24. The Morgan fingerprint density at radius 2 is 0.696 bits per heavy atom. The van der Waals surface area contributed by atoms with Gasteiger partial charge in [0.2, 0.25) is 0 Å². The Bertz CT molecular complexity index is 2540. The first-order valence-electron chi connectivity index (χ1n) is 15.9. The summed E-state index contributed by atoms with van der Waals surface area (Å²) in [5.74, 6) is 0. The van der Waals surface area contributed by atoms with Crippen LogP contribution in [-0.4, -0.2) is 0 Å². The molecule has 0 bridgehead atoms. The van der Waals surface area contributed by atoms with Gasteiger partial charge in [0.1, 0.15) is 0 Å². The number of rotatable bonds is 4. The predicted octanol–water partition coefficient (Wildman–Crippen LogP) is 13.0. The smallest absolute Gasteiger partial charge is 0.00201 e.